The third-order valence-corrected chi connectivity index (χ3v) is 2.77. The van der Waals surface area contributed by atoms with Crippen LogP contribution in [0.1, 0.15) is 19.8 Å². The molecule has 1 atom stereocenters. The number of hydrogen-bond donors (Lipinski definition) is 2. The molecular formula is C13H17F3N2O2. The standard InChI is InChI=1S/C13H17F3N2O2/c1-2-9(8-17)7-12(19)18-10-5-3-4-6-11(10)20-13(14,15)16/h3-6,9H,2,7-8,17H2,1H3,(H,18,19). The molecule has 1 amide bonds. The summed E-state index contributed by atoms with van der Waals surface area (Å²) in [5, 5.41) is 2.41. The van der Waals surface area contributed by atoms with Gasteiger partial charge in [-0.15, -0.1) is 13.2 Å². The summed E-state index contributed by atoms with van der Waals surface area (Å²) in [6, 6.07) is 5.40. The maximum atomic E-state index is 12.2. The molecule has 0 saturated carbocycles. The Morgan fingerprint density at radius 3 is 2.60 bits per heavy atom. The minimum Gasteiger partial charge on any atom is -0.404 e. The molecule has 0 aliphatic carbocycles. The van der Waals surface area contributed by atoms with E-state index in [4.69, 9.17) is 5.73 Å². The summed E-state index contributed by atoms with van der Waals surface area (Å²) in [5.41, 5.74) is 5.47. The van der Waals surface area contributed by atoms with E-state index in [1.807, 2.05) is 6.92 Å². The van der Waals surface area contributed by atoms with Crippen LogP contribution in [0.2, 0.25) is 0 Å². The van der Waals surface area contributed by atoms with Crippen LogP contribution in [0, 0.1) is 5.92 Å². The maximum Gasteiger partial charge on any atom is 0.573 e. The number of anilines is 1. The van der Waals surface area contributed by atoms with Crippen molar-refractivity contribution >= 4 is 11.6 Å². The van der Waals surface area contributed by atoms with Crippen molar-refractivity contribution in [3.8, 4) is 5.75 Å². The second kappa shape index (κ2) is 7.14. The zero-order valence-electron chi connectivity index (χ0n) is 11.0. The van der Waals surface area contributed by atoms with Crippen molar-refractivity contribution in [2.24, 2.45) is 11.7 Å². The van der Waals surface area contributed by atoms with Crippen LogP contribution in [0.15, 0.2) is 24.3 Å². The van der Waals surface area contributed by atoms with Gasteiger partial charge in [0, 0.05) is 6.42 Å². The molecule has 0 fully saturated rings. The first-order valence-corrected chi connectivity index (χ1v) is 6.20. The average molecular weight is 290 g/mol. The molecule has 0 heterocycles. The lowest BCUT2D eigenvalue weighted by molar-refractivity contribution is -0.274. The van der Waals surface area contributed by atoms with Crippen molar-refractivity contribution in [2.75, 3.05) is 11.9 Å². The SMILES string of the molecule is CCC(CN)CC(=O)Nc1ccccc1OC(F)(F)F. The molecule has 112 valence electrons. The van der Waals surface area contributed by atoms with Gasteiger partial charge < -0.3 is 15.8 Å². The second-order valence-corrected chi connectivity index (χ2v) is 4.31. The lowest BCUT2D eigenvalue weighted by Crippen LogP contribution is -2.23. The van der Waals surface area contributed by atoms with E-state index < -0.39 is 12.1 Å². The first kappa shape index (κ1) is 16.3. The van der Waals surface area contributed by atoms with Gasteiger partial charge in [0.1, 0.15) is 0 Å². The Bertz CT molecular complexity index is 445. The fourth-order valence-corrected chi connectivity index (χ4v) is 1.64. The fraction of sp³-hybridized carbons (Fsp3) is 0.462. The Balaban J connectivity index is 2.74. The number of halogens is 3. The highest BCUT2D eigenvalue weighted by atomic mass is 19.4. The van der Waals surface area contributed by atoms with Gasteiger partial charge in [0.25, 0.3) is 0 Å². The molecule has 1 rings (SSSR count). The maximum absolute atomic E-state index is 12.2. The number of amides is 1. The van der Waals surface area contributed by atoms with Gasteiger partial charge in [-0.1, -0.05) is 25.5 Å². The van der Waals surface area contributed by atoms with Crippen LogP contribution in [-0.2, 0) is 4.79 Å². The summed E-state index contributed by atoms with van der Waals surface area (Å²) in [5.74, 6) is -0.819. The first-order valence-electron chi connectivity index (χ1n) is 6.20. The van der Waals surface area contributed by atoms with E-state index in [1.54, 1.807) is 0 Å². The molecule has 0 spiro atoms. The minimum atomic E-state index is -4.80. The van der Waals surface area contributed by atoms with Crippen LogP contribution >= 0.6 is 0 Å². The second-order valence-electron chi connectivity index (χ2n) is 4.31. The summed E-state index contributed by atoms with van der Waals surface area (Å²) in [6.07, 6.45) is -3.91. The summed E-state index contributed by atoms with van der Waals surface area (Å²) in [7, 11) is 0. The van der Waals surface area contributed by atoms with E-state index in [0.717, 1.165) is 12.5 Å². The molecule has 7 heteroatoms. The normalized spacial score (nSPS) is 12.8. The molecule has 0 aromatic heterocycles. The van der Waals surface area contributed by atoms with Crippen molar-refractivity contribution < 1.29 is 22.7 Å². The van der Waals surface area contributed by atoms with Gasteiger partial charge in [-0.3, -0.25) is 4.79 Å². The Morgan fingerprint density at radius 1 is 1.40 bits per heavy atom. The quantitative estimate of drug-likeness (QED) is 0.846. The number of hydrogen-bond acceptors (Lipinski definition) is 3. The van der Waals surface area contributed by atoms with Crippen molar-refractivity contribution in [3.63, 3.8) is 0 Å². The number of nitrogens with one attached hydrogen (secondary N) is 1. The number of carbonyl (C=O) groups is 1. The Morgan fingerprint density at radius 2 is 2.05 bits per heavy atom. The average Bonchev–Trinajstić information content (AvgIpc) is 2.36. The monoisotopic (exact) mass is 290 g/mol. The van der Waals surface area contributed by atoms with Crippen molar-refractivity contribution in [2.45, 2.75) is 26.1 Å². The highest BCUT2D eigenvalue weighted by molar-refractivity contribution is 5.92. The lowest BCUT2D eigenvalue weighted by atomic mass is 10.0. The van der Waals surface area contributed by atoms with Crippen LogP contribution < -0.4 is 15.8 Å². The van der Waals surface area contributed by atoms with E-state index in [-0.39, 0.29) is 23.9 Å². The molecule has 0 saturated heterocycles. The lowest BCUT2D eigenvalue weighted by Gasteiger charge is -2.15. The number of carbonyl (C=O) groups excluding carboxylic acids is 1. The number of nitrogens with two attached hydrogens (primary N) is 1. The van der Waals surface area contributed by atoms with Gasteiger partial charge in [0.2, 0.25) is 5.91 Å². The molecule has 0 bridgehead atoms. The van der Waals surface area contributed by atoms with E-state index >= 15 is 0 Å². The molecule has 4 nitrogen and oxygen atoms in total. The molecular weight excluding hydrogens is 273 g/mol. The number of alkyl halides is 3. The summed E-state index contributed by atoms with van der Waals surface area (Å²) in [4.78, 5) is 11.8. The Hall–Kier alpha value is -1.76. The van der Waals surface area contributed by atoms with Crippen molar-refractivity contribution in [1.29, 1.82) is 0 Å². The smallest absolute Gasteiger partial charge is 0.404 e. The topological polar surface area (TPSA) is 64.4 Å². The van der Waals surface area contributed by atoms with Gasteiger partial charge >= 0.3 is 6.36 Å². The van der Waals surface area contributed by atoms with Crippen LogP contribution in [0.4, 0.5) is 18.9 Å². The van der Waals surface area contributed by atoms with Gasteiger partial charge in [-0.25, -0.2) is 0 Å². The van der Waals surface area contributed by atoms with Gasteiger partial charge in [-0.2, -0.15) is 0 Å². The Kier molecular flexibility index (Phi) is 5.82. The van der Waals surface area contributed by atoms with E-state index in [0.29, 0.717) is 6.54 Å². The molecule has 20 heavy (non-hydrogen) atoms. The number of ether oxygens (including phenoxy) is 1. The highest BCUT2D eigenvalue weighted by Gasteiger charge is 2.32. The van der Waals surface area contributed by atoms with Crippen LogP contribution in [-0.4, -0.2) is 18.8 Å². The third kappa shape index (κ3) is 5.48. The predicted octanol–water partition coefficient (Wildman–Crippen LogP) is 2.90. The van der Waals surface area contributed by atoms with Crippen molar-refractivity contribution in [3.05, 3.63) is 24.3 Å². The summed E-state index contributed by atoms with van der Waals surface area (Å²) < 4.78 is 40.5. The minimum absolute atomic E-state index is 0.00527. The molecule has 0 aliphatic rings. The third-order valence-electron chi connectivity index (χ3n) is 2.77. The van der Waals surface area contributed by atoms with Crippen LogP contribution in [0.3, 0.4) is 0 Å². The molecule has 0 aliphatic heterocycles. The van der Waals surface area contributed by atoms with E-state index in [2.05, 4.69) is 10.1 Å². The number of benzene rings is 1. The fourth-order valence-electron chi connectivity index (χ4n) is 1.64. The molecule has 1 aromatic carbocycles. The number of para-hydroxylation sites is 2. The molecule has 1 unspecified atom stereocenters. The van der Waals surface area contributed by atoms with E-state index in [1.165, 1.54) is 18.2 Å². The van der Waals surface area contributed by atoms with E-state index in [9.17, 15) is 18.0 Å². The number of rotatable bonds is 6. The van der Waals surface area contributed by atoms with Gasteiger partial charge in [0.05, 0.1) is 5.69 Å². The molecule has 3 N–H and O–H groups in total. The van der Waals surface area contributed by atoms with Gasteiger partial charge in [0.15, 0.2) is 5.75 Å². The first-order chi connectivity index (χ1) is 9.35. The predicted molar refractivity (Wildman–Crippen MR) is 69.2 cm³/mol. The van der Waals surface area contributed by atoms with Crippen molar-refractivity contribution in [1.82, 2.24) is 0 Å². The van der Waals surface area contributed by atoms with Crippen LogP contribution in [0.25, 0.3) is 0 Å². The summed E-state index contributed by atoms with van der Waals surface area (Å²) in [6.45, 7) is 2.25. The van der Waals surface area contributed by atoms with Gasteiger partial charge in [-0.05, 0) is 24.6 Å². The largest absolute Gasteiger partial charge is 0.573 e. The van der Waals surface area contributed by atoms with Crippen LogP contribution in [0.5, 0.6) is 5.75 Å². The molecule has 0 radical (unpaired) electrons. The highest BCUT2D eigenvalue weighted by Crippen LogP contribution is 2.30. The Labute approximate surface area is 115 Å². The summed E-state index contributed by atoms with van der Waals surface area (Å²) >= 11 is 0. The zero-order valence-corrected chi connectivity index (χ0v) is 11.0. The zero-order chi connectivity index (χ0) is 15.2. The molecule has 1 aromatic rings.